The first-order chi connectivity index (χ1) is 19.5. The molecule has 3 atom stereocenters. The molecule has 3 N–H and O–H groups in total. The van der Waals surface area contributed by atoms with Crippen molar-refractivity contribution in [3.8, 4) is 0 Å². The molecule has 4 heterocycles. The van der Waals surface area contributed by atoms with E-state index in [1.54, 1.807) is 34.5 Å². The molecule has 1 saturated heterocycles. The van der Waals surface area contributed by atoms with Gasteiger partial charge in [0, 0.05) is 25.6 Å². The Morgan fingerprint density at radius 1 is 1.20 bits per heavy atom. The molecule has 2 fully saturated rings. The van der Waals surface area contributed by atoms with Crippen LogP contribution in [0.2, 0.25) is 0 Å². The summed E-state index contributed by atoms with van der Waals surface area (Å²) in [6.45, 7) is 2.43. The van der Waals surface area contributed by atoms with E-state index in [0.29, 0.717) is 23.6 Å². The molecule has 0 aromatic carbocycles. The zero-order valence-electron chi connectivity index (χ0n) is 22.5. The van der Waals surface area contributed by atoms with Gasteiger partial charge in [-0.3, -0.25) is 19.1 Å². The molecule has 5 rings (SSSR count). The van der Waals surface area contributed by atoms with E-state index in [-0.39, 0.29) is 17.5 Å². The van der Waals surface area contributed by atoms with Gasteiger partial charge in [-0.25, -0.2) is 9.50 Å². The van der Waals surface area contributed by atoms with E-state index in [1.807, 2.05) is 6.92 Å². The maximum atomic E-state index is 13.3. The van der Waals surface area contributed by atoms with Gasteiger partial charge in [-0.15, -0.1) is 0 Å². The lowest BCUT2D eigenvalue weighted by Gasteiger charge is -2.26. The molecular formula is C27H32F3N7O4. The van der Waals surface area contributed by atoms with E-state index < -0.39 is 48.4 Å². The highest BCUT2D eigenvalue weighted by molar-refractivity contribution is 6.04. The Balaban J connectivity index is 1.45. The molecular weight excluding hydrogens is 543 g/mol. The van der Waals surface area contributed by atoms with Crippen LogP contribution in [-0.2, 0) is 22.6 Å². The number of amides is 2. The second kappa shape index (κ2) is 11.1. The van der Waals surface area contributed by atoms with Crippen LogP contribution in [0.5, 0.6) is 0 Å². The number of nitrogens with zero attached hydrogens (tertiary/aromatic N) is 5. The molecule has 2 aliphatic rings. The molecule has 41 heavy (non-hydrogen) atoms. The Hall–Kier alpha value is -3.97. The monoisotopic (exact) mass is 575 g/mol. The molecule has 3 aromatic heterocycles. The minimum atomic E-state index is -4.77. The quantitative estimate of drug-likeness (QED) is 0.276. The van der Waals surface area contributed by atoms with Crippen LogP contribution in [0.25, 0.3) is 5.65 Å². The van der Waals surface area contributed by atoms with E-state index >= 15 is 0 Å². The minimum Gasteiger partial charge on any atom is -0.480 e. The molecule has 3 aromatic rings. The lowest BCUT2D eigenvalue weighted by molar-refractivity contribution is -0.158. The number of halogens is 3. The van der Waals surface area contributed by atoms with Crippen LogP contribution in [-0.4, -0.2) is 59.5 Å². The van der Waals surface area contributed by atoms with Crippen molar-refractivity contribution >= 4 is 23.4 Å². The van der Waals surface area contributed by atoms with Gasteiger partial charge in [-0.2, -0.15) is 23.4 Å². The van der Waals surface area contributed by atoms with Gasteiger partial charge in [-0.1, -0.05) is 25.7 Å². The van der Waals surface area contributed by atoms with E-state index in [4.69, 9.17) is 4.98 Å². The summed E-state index contributed by atoms with van der Waals surface area (Å²) in [7, 11) is 0. The van der Waals surface area contributed by atoms with Crippen LogP contribution >= 0.6 is 0 Å². The number of hydrogen-bond donors (Lipinski definition) is 3. The van der Waals surface area contributed by atoms with Crippen molar-refractivity contribution < 1.29 is 32.7 Å². The number of aryl methyl sites for hydroxylation is 1. The lowest BCUT2D eigenvalue weighted by Crippen LogP contribution is -2.41. The zero-order chi connectivity index (χ0) is 29.4. The van der Waals surface area contributed by atoms with Gasteiger partial charge in [0.2, 0.25) is 5.91 Å². The van der Waals surface area contributed by atoms with Crippen molar-refractivity contribution in [1.82, 2.24) is 35.0 Å². The summed E-state index contributed by atoms with van der Waals surface area (Å²) in [4.78, 5) is 42.6. The van der Waals surface area contributed by atoms with E-state index in [1.165, 1.54) is 10.6 Å². The van der Waals surface area contributed by atoms with Crippen molar-refractivity contribution in [1.29, 1.82) is 0 Å². The van der Waals surface area contributed by atoms with Crippen molar-refractivity contribution in [3.63, 3.8) is 0 Å². The van der Waals surface area contributed by atoms with Crippen molar-refractivity contribution in [2.24, 2.45) is 11.3 Å². The number of hydrogen-bond acceptors (Lipinski definition) is 6. The Labute approximate surface area is 233 Å². The minimum absolute atomic E-state index is 0.126. The molecule has 11 nitrogen and oxygen atoms in total. The van der Waals surface area contributed by atoms with E-state index in [9.17, 15) is 32.7 Å². The fourth-order valence-electron chi connectivity index (χ4n) is 5.96. The summed E-state index contributed by atoms with van der Waals surface area (Å²) >= 11 is 0. The van der Waals surface area contributed by atoms with Gasteiger partial charge in [0.15, 0.2) is 11.1 Å². The smallest absolute Gasteiger partial charge is 0.408 e. The Kier molecular flexibility index (Phi) is 7.75. The first-order valence-corrected chi connectivity index (χ1v) is 13.8. The number of alkyl halides is 3. The van der Waals surface area contributed by atoms with Crippen molar-refractivity contribution in [2.45, 2.75) is 83.1 Å². The number of fused-ring (bicyclic) bond motifs is 1. The molecule has 1 aliphatic carbocycles. The topological polar surface area (TPSA) is 144 Å². The Bertz CT molecular complexity index is 1440. The summed E-state index contributed by atoms with van der Waals surface area (Å²) in [6, 6.07) is 2.02. The molecule has 2 amide bonds. The van der Waals surface area contributed by atoms with Crippen LogP contribution in [0.3, 0.4) is 0 Å². The molecule has 0 bridgehead atoms. The number of nitrogens with one attached hydrogen (secondary N) is 2. The highest BCUT2D eigenvalue weighted by Gasteiger charge is 2.59. The number of rotatable bonds is 8. The van der Waals surface area contributed by atoms with Crippen LogP contribution in [0.4, 0.5) is 13.2 Å². The SMILES string of the molecule is CCn1nccc1C(=O)NC(c1cn2nc(CC3(C(=O)O)C[C@@H](C(F)(F)F)NC3=O)ccc2n1)C1CCCCCC1. The van der Waals surface area contributed by atoms with Crippen molar-refractivity contribution in [3.05, 3.63) is 47.7 Å². The van der Waals surface area contributed by atoms with Gasteiger partial charge in [0.25, 0.3) is 5.91 Å². The fraction of sp³-hybridized carbons (Fsp3) is 0.556. The lowest BCUT2D eigenvalue weighted by atomic mass is 9.80. The average Bonchev–Trinajstić information content (AvgIpc) is 3.59. The van der Waals surface area contributed by atoms with Crippen LogP contribution in [0, 0.1) is 11.3 Å². The summed E-state index contributed by atoms with van der Waals surface area (Å²) in [6.07, 6.45) is 3.09. The normalized spacial score (nSPS) is 22.8. The molecule has 1 saturated carbocycles. The third-order valence-electron chi connectivity index (χ3n) is 8.20. The number of imidazole rings is 1. The van der Waals surface area contributed by atoms with Gasteiger partial charge >= 0.3 is 12.1 Å². The Morgan fingerprint density at radius 2 is 1.93 bits per heavy atom. The first kappa shape index (κ1) is 28.6. The molecule has 1 aliphatic heterocycles. The molecule has 2 unspecified atom stereocenters. The zero-order valence-corrected chi connectivity index (χ0v) is 22.5. The largest absolute Gasteiger partial charge is 0.480 e. The highest BCUT2D eigenvalue weighted by Crippen LogP contribution is 2.40. The summed E-state index contributed by atoms with van der Waals surface area (Å²) in [5.74, 6) is -2.99. The van der Waals surface area contributed by atoms with Crippen LogP contribution < -0.4 is 10.6 Å². The van der Waals surface area contributed by atoms with E-state index in [2.05, 4.69) is 15.5 Å². The fourth-order valence-corrected chi connectivity index (χ4v) is 5.96. The molecule has 0 radical (unpaired) electrons. The average molecular weight is 576 g/mol. The summed E-state index contributed by atoms with van der Waals surface area (Å²) in [5, 5.41) is 23.3. The number of aliphatic carboxylic acids is 1. The third kappa shape index (κ3) is 5.64. The Morgan fingerprint density at radius 3 is 2.56 bits per heavy atom. The number of carboxylic acids is 1. The number of aromatic nitrogens is 5. The van der Waals surface area contributed by atoms with Gasteiger partial charge in [-0.05, 0) is 43.9 Å². The van der Waals surface area contributed by atoms with Gasteiger partial charge in [0.05, 0.1) is 23.6 Å². The number of carbonyl (C=O) groups is 3. The molecule has 0 spiro atoms. The van der Waals surface area contributed by atoms with Gasteiger partial charge in [0.1, 0.15) is 11.7 Å². The highest BCUT2D eigenvalue weighted by atomic mass is 19.4. The second-order valence-corrected chi connectivity index (χ2v) is 10.9. The number of carbonyl (C=O) groups excluding carboxylic acids is 2. The van der Waals surface area contributed by atoms with Crippen LogP contribution in [0.15, 0.2) is 30.6 Å². The third-order valence-corrected chi connectivity index (χ3v) is 8.20. The van der Waals surface area contributed by atoms with E-state index in [0.717, 1.165) is 38.5 Å². The summed E-state index contributed by atoms with van der Waals surface area (Å²) in [5.41, 5.74) is -0.751. The maximum Gasteiger partial charge on any atom is 0.408 e. The maximum absolute atomic E-state index is 13.3. The molecule has 220 valence electrons. The summed E-state index contributed by atoms with van der Waals surface area (Å²) < 4.78 is 42.9. The van der Waals surface area contributed by atoms with Crippen molar-refractivity contribution in [2.75, 3.05) is 0 Å². The number of carboxylic acid groups (broad SMARTS) is 1. The van der Waals surface area contributed by atoms with Gasteiger partial charge < -0.3 is 15.7 Å². The predicted molar refractivity (Wildman–Crippen MR) is 139 cm³/mol. The molecule has 14 heteroatoms. The standard InChI is InChI=1S/C27H32F3N7O4/c1-2-36-19(11-12-31-36)23(38)34-22(16-7-5-3-4-6-8-16)18-15-37-21(32-18)10-9-17(35-37)13-26(25(40)41)14-20(27(28,29)30)33-24(26)39/h9-12,15-16,20,22H,2-8,13-14H2,1H3,(H,33,39)(H,34,38)(H,40,41)/t20-,22?,26?/m0/s1. The predicted octanol–water partition coefficient (Wildman–Crippen LogP) is 3.45. The van der Waals surface area contributed by atoms with Crippen LogP contribution in [0.1, 0.15) is 79.8 Å². The second-order valence-electron chi connectivity index (χ2n) is 10.9. The first-order valence-electron chi connectivity index (χ1n) is 13.8.